The number of aromatic nitrogens is 1. The van der Waals surface area contributed by atoms with Gasteiger partial charge in [0.2, 0.25) is 5.91 Å². The first-order valence-corrected chi connectivity index (χ1v) is 6.90. The van der Waals surface area contributed by atoms with Gasteiger partial charge in [-0.2, -0.15) is 0 Å². The third-order valence-corrected chi connectivity index (χ3v) is 3.64. The molecule has 2 aromatic carbocycles. The minimum Gasteiger partial charge on any atom is -0.366 e. The first-order valence-electron chi connectivity index (χ1n) is 6.52. The molecule has 3 rings (SSSR count). The summed E-state index contributed by atoms with van der Waals surface area (Å²) in [6.07, 6.45) is 1.82. The largest absolute Gasteiger partial charge is 0.366 e. The number of nitrogens with one attached hydrogen (secondary N) is 2. The Bertz CT molecular complexity index is 886. The number of nitrogens with two attached hydrogens (primary N) is 1. The summed E-state index contributed by atoms with van der Waals surface area (Å²) in [4.78, 5) is 26.6. The highest BCUT2D eigenvalue weighted by Crippen LogP contribution is 2.21. The van der Waals surface area contributed by atoms with E-state index < -0.39 is 11.8 Å². The number of carbonyl (C=O) groups excluding carboxylic acids is 2. The van der Waals surface area contributed by atoms with Gasteiger partial charge in [-0.05, 0) is 42.5 Å². The van der Waals surface area contributed by atoms with E-state index in [1.54, 1.807) is 6.07 Å². The summed E-state index contributed by atoms with van der Waals surface area (Å²) >= 11 is 6.02. The molecule has 4 N–H and O–H groups in total. The van der Waals surface area contributed by atoms with Crippen LogP contribution in [-0.4, -0.2) is 16.8 Å². The van der Waals surface area contributed by atoms with Crippen LogP contribution in [0, 0.1) is 0 Å². The molecular formula is C16H12ClN3O2. The molecule has 0 atom stereocenters. The van der Waals surface area contributed by atoms with Gasteiger partial charge in [-0.3, -0.25) is 9.59 Å². The van der Waals surface area contributed by atoms with Gasteiger partial charge in [0, 0.05) is 28.4 Å². The van der Waals surface area contributed by atoms with Crippen LogP contribution in [0.25, 0.3) is 10.9 Å². The SMILES string of the molecule is NC(=O)c1ccc(Cl)c(C(=O)Nc2ccc3[nH]ccc3c2)c1. The number of hydrogen-bond donors (Lipinski definition) is 3. The fourth-order valence-corrected chi connectivity index (χ4v) is 2.39. The van der Waals surface area contributed by atoms with Crippen LogP contribution in [-0.2, 0) is 0 Å². The summed E-state index contributed by atoms with van der Waals surface area (Å²) in [7, 11) is 0. The highest BCUT2D eigenvalue weighted by Gasteiger charge is 2.13. The van der Waals surface area contributed by atoms with Crippen molar-refractivity contribution in [1.29, 1.82) is 0 Å². The second kappa shape index (κ2) is 5.54. The standard InChI is InChI=1S/C16H12ClN3O2/c17-13-3-1-10(15(18)21)8-12(13)16(22)20-11-2-4-14-9(7-11)5-6-19-14/h1-8,19H,(H2,18,21)(H,20,22). The summed E-state index contributed by atoms with van der Waals surface area (Å²) in [6.45, 7) is 0. The molecule has 3 aromatic rings. The Balaban J connectivity index is 1.90. The van der Waals surface area contributed by atoms with Crippen molar-refractivity contribution in [3.05, 3.63) is 64.8 Å². The maximum Gasteiger partial charge on any atom is 0.257 e. The number of fused-ring (bicyclic) bond motifs is 1. The van der Waals surface area contributed by atoms with Gasteiger partial charge in [0.25, 0.3) is 5.91 Å². The van der Waals surface area contributed by atoms with Crippen LogP contribution in [0.1, 0.15) is 20.7 Å². The molecule has 2 amide bonds. The first-order chi connectivity index (χ1) is 10.5. The third kappa shape index (κ3) is 2.66. The molecule has 0 aliphatic carbocycles. The lowest BCUT2D eigenvalue weighted by Gasteiger charge is -2.08. The quantitative estimate of drug-likeness (QED) is 0.693. The Morgan fingerprint density at radius 1 is 1.09 bits per heavy atom. The molecule has 0 fully saturated rings. The van der Waals surface area contributed by atoms with Crippen LogP contribution in [0.4, 0.5) is 5.69 Å². The number of rotatable bonds is 3. The van der Waals surface area contributed by atoms with Crippen molar-refractivity contribution in [3.8, 4) is 0 Å². The van der Waals surface area contributed by atoms with Crippen LogP contribution >= 0.6 is 11.6 Å². The van der Waals surface area contributed by atoms with Crippen molar-refractivity contribution in [1.82, 2.24) is 4.98 Å². The molecule has 0 unspecified atom stereocenters. The number of hydrogen-bond acceptors (Lipinski definition) is 2. The lowest BCUT2D eigenvalue weighted by atomic mass is 10.1. The maximum absolute atomic E-state index is 12.3. The highest BCUT2D eigenvalue weighted by molar-refractivity contribution is 6.34. The molecule has 110 valence electrons. The Morgan fingerprint density at radius 3 is 2.68 bits per heavy atom. The Morgan fingerprint density at radius 2 is 1.91 bits per heavy atom. The lowest BCUT2D eigenvalue weighted by molar-refractivity contribution is 0.1000. The number of aromatic amines is 1. The van der Waals surface area contributed by atoms with Crippen LogP contribution < -0.4 is 11.1 Å². The maximum atomic E-state index is 12.3. The summed E-state index contributed by atoms with van der Waals surface area (Å²) in [5.74, 6) is -1.01. The first kappa shape index (κ1) is 14.2. The van der Waals surface area contributed by atoms with Crippen LogP contribution in [0.2, 0.25) is 5.02 Å². The van der Waals surface area contributed by atoms with Gasteiger partial charge >= 0.3 is 0 Å². The zero-order chi connectivity index (χ0) is 15.7. The minimum absolute atomic E-state index is 0.201. The monoisotopic (exact) mass is 313 g/mol. The molecule has 5 nitrogen and oxygen atoms in total. The number of amides is 2. The van der Waals surface area contributed by atoms with Gasteiger partial charge in [-0.15, -0.1) is 0 Å². The molecule has 0 radical (unpaired) electrons. The minimum atomic E-state index is -0.612. The van der Waals surface area contributed by atoms with E-state index in [2.05, 4.69) is 10.3 Å². The summed E-state index contributed by atoms with van der Waals surface area (Å²) in [6, 6.07) is 11.7. The van der Waals surface area contributed by atoms with Crippen LogP contribution in [0.5, 0.6) is 0 Å². The van der Waals surface area contributed by atoms with Gasteiger partial charge in [0.05, 0.1) is 10.6 Å². The summed E-state index contributed by atoms with van der Waals surface area (Å²) < 4.78 is 0. The van der Waals surface area contributed by atoms with Crippen LogP contribution in [0.3, 0.4) is 0 Å². The lowest BCUT2D eigenvalue weighted by Crippen LogP contribution is -2.16. The van der Waals surface area contributed by atoms with Crippen molar-refractivity contribution >= 4 is 40.0 Å². The summed E-state index contributed by atoms with van der Waals surface area (Å²) in [5, 5.41) is 3.99. The van der Waals surface area contributed by atoms with Crippen LogP contribution in [0.15, 0.2) is 48.7 Å². The van der Waals surface area contributed by atoms with E-state index in [0.29, 0.717) is 5.69 Å². The molecule has 22 heavy (non-hydrogen) atoms. The topological polar surface area (TPSA) is 88.0 Å². The Labute approximate surface area is 131 Å². The van der Waals surface area contributed by atoms with E-state index in [4.69, 9.17) is 17.3 Å². The number of benzene rings is 2. The molecule has 0 saturated heterocycles. The van der Waals surface area contributed by atoms with Gasteiger partial charge in [-0.1, -0.05) is 11.6 Å². The van der Waals surface area contributed by atoms with Gasteiger partial charge in [0.15, 0.2) is 0 Å². The molecule has 0 saturated carbocycles. The molecule has 0 aliphatic rings. The van der Waals surface area contributed by atoms with E-state index in [-0.39, 0.29) is 16.1 Å². The van der Waals surface area contributed by atoms with E-state index in [9.17, 15) is 9.59 Å². The average molecular weight is 314 g/mol. The molecule has 0 spiro atoms. The molecular weight excluding hydrogens is 302 g/mol. The van der Waals surface area contributed by atoms with Gasteiger partial charge < -0.3 is 16.0 Å². The average Bonchev–Trinajstić information content (AvgIpc) is 2.94. The fraction of sp³-hybridized carbons (Fsp3) is 0. The van der Waals surface area contributed by atoms with E-state index in [1.807, 2.05) is 24.4 Å². The van der Waals surface area contributed by atoms with Gasteiger partial charge in [0.1, 0.15) is 0 Å². The molecule has 1 heterocycles. The Kier molecular flexibility index (Phi) is 3.56. The predicted molar refractivity (Wildman–Crippen MR) is 86.2 cm³/mol. The van der Waals surface area contributed by atoms with Crippen molar-refractivity contribution in [2.45, 2.75) is 0 Å². The van der Waals surface area contributed by atoms with Crippen molar-refractivity contribution in [2.24, 2.45) is 5.73 Å². The number of halogens is 1. The molecule has 0 bridgehead atoms. The zero-order valence-corrected chi connectivity index (χ0v) is 12.1. The van der Waals surface area contributed by atoms with E-state index in [0.717, 1.165) is 10.9 Å². The second-order valence-electron chi connectivity index (χ2n) is 4.79. The van der Waals surface area contributed by atoms with E-state index in [1.165, 1.54) is 18.2 Å². The smallest absolute Gasteiger partial charge is 0.257 e. The number of H-pyrrole nitrogens is 1. The van der Waals surface area contributed by atoms with Crippen molar-refractivity contribution in [3.63, 3.8) is 0 Å². The van der Waals surface area contributed by atoms with Crippen molar-refractivity contribution in [2.75, 3.05) is 5.32 Å². The van der Waals surface area contributed by atoms with Crippen molar-refractivity contribution < 1.29 is 9.59 Å². The molecule has 6 heteroatoms. The Hall–Kier alpha value is -2.79. The molecule has 1 aromatic heterocycles. The normalized spacial score (nSPS) is 10.6. The number of primary amides is 1. The van der Waals surface area contributed by atoms with E-state index >= 15 is 0 Å². The number of anilines is 1. The second-order valence-corrected chi connectivity index (χ2v) is 5.20. The predicted octanol–water partition coefficient (Wildman–Crippen LogP) is 3.17. The fourth-order valence-electron chi connectivity index (χ4n) is 2.18. The molecule has 0 aliphatic heterocycles. The highest BCUT2D eigenvalue weighted by atomic mass is 35.5. The van der Waals surface area contributed by atoms with Gasteiger partial charge in [-0.25, -0.2) is 0 Å². The zero-order valence-electron chi connectivity index (χ0n) is 11.4. The summed E-state index contributed by atoms with van der Waals surface area (Å²) in [5.41, 5.74) is 7.27. The number of carbonyl (C=O) groups is 2. The third-order valence-electron chi connectivity index (χ3n) is 3.31.